The minimum atomic E-state index is 0.0900. The maximum absolute atomic E-state index is 10.0. The van der Waals surface area contributed by atoms with Gasteiger partial charge in [0.25, 0.3) is 0 Å². The number of ether oxygens (including phenoxy) is 1. The molecule has 1 heterocycles. The number of β-amino-alcohol motifs (C(OH)–C–C–N with tert-alkyl or cyclic N) is 1. The molecule has 0 saturated carbocycles. The fraction of sp³-hybridized carbons (Fsp3) is 1.00. The lowest BCUT2D eigenvalue weighted by Crippen LogP contribution is -2.72. The van der Waals surface area contributed by atoms with E-state index >= 15 is 0 Å². The minimum Gasteiger partial charge on any atom is -0.395 e. The van der Waals surface area contributed by atoms with Crippen LogP contribution in [0.3, 0.4) is 0 Å². The molecule has 0 spiro atoms. The first-order chi connectivity index (χ1) is 13.8. The van der Waals surface area contributed by atoms with Gasteiger partial charge in [-0.05, 0) is 67.7 Å². The van der Waals surface area contributed by atoms with Gasteiger partial charge in [0.2, 0.25) is 0 Å². The number of hydrogen-bond acceptors (Lipinski definition) is 3. The molecule has 29 heavy (non-hydrogen) atoms. The number of piperidine rings is 1. The van der Waals surface area contributed by atoms with Crippen LogP contribution in [0.4, 0.5) is 0 Å². The van der Waals surface area contributed by atoms with Crippen molar-refractivity contribution in [3.63, 3.8) is 0 Å². The number of rotatable bonds is 14. The lowest BCUT2D eigenvalue weighted by molar-refractivity contribution is -0.214. The van der Waals surface area contributed by atoms with Crippen LogP contribution in [0.1, 0.15) is 106 Å². The lowest BCUT2D eigenvalue weighted by Gasteiger charge is -2.71. The van der Waals surface area contributed by atoms with Gasteiger partial charge in [-0.2, -0.15) is 0 Å². The van der Waals surface area contributed by atoms with Gasteiger partial charge in [-0.3, -0.25) is 4.90 Å². The maximum atomic E-state index is 10.0. The van der Waals surface area contributed by atoms with Crippen LogP contribution >= 0.6 is 0 Å². The zero-order valence-corrected chi connectivity index (χ0v) is 21.1. The van der Waals surface area contributed by atoms with Crippen molar-refractivity contribution in [2.24, 2.45) is 22.7 Å². The van der Waals surface area contributed by atoms with Gasteiger partial charge in [0.05, 0.1) is 6.61 Å². The van der Waals surface area contributed by atoms with Crippen LogP contribution in [0.15, 0.2) is 0 Å². The van der Waals surface area contributed by atoms with Gasteiger partial charge < -0.3 is 9.84 Å². The molecule has 0 aromatic heterocycles. The third-order valence-electron chi connectivity index (χ3n) is 8.39. The van der Waals surface area contributed by atoms with E-state index < -0.39 is 0 Å². The highest BCUT2D eigenvalue weighted by Crippen LogP contribution is 2.67. The third-order valence-corrected chi connectivity index (χ3v) is 8.39. The molecule has 3 atom stereocenters. The number of nitrogens with zero attached hydrogens (tertiary/aromatic N) is 1. The molecule has 0 aromatic carbocycles. The molecule has 3 unspecified atom stereocenters. The van der Waals surface area contributed by atoms with E-state index in [1.165, 1.54) is 51.4 Å². The van der Waals surface area contributed by atoms with E-state index in [1.807, 2.05) is 7.11 Å². The second-order valence-corrected chi connectivity index (χ2v) is 10.4. The smallest absolute Gasteiger partial charge is 0.0558 e. The van der Waals surface area contributed by atoms with E-state index in [4.69, 9.17) is 4.74 Å². The number of likely N-dealkylation sites (tertiary alicyclic amines) is 1. The average molecular weight is 412 g/mol. The Bertz CT molecular complexity index is 452. The summed E-state index contributed by atoms with van der Waals surface area (Å²) in [6.45, 7) is 19.9. The van der Waals surface area contributed by atoms with Crippen molar-refractivity contribution < 1.29 is 9.84 Å². The largest absolute Gasteiger partial charge is 0.395 e. The summed E-state index contributed by atoms with van der Waals surface area (Å²) in [5.41, 5.74) is 0.712. The van der Waals surface area contributed by atoms with Gasteiger partial charge in [0.15, 0.2) is 0 Å². The predicted molar refractivity (Wildman–Crippen MR) is 126 cm³/mol. The van der Waals surface area contributed by atoms with Gasteiger partial charge in [0.1, 0.15) is 0 Å². The molecule has 0 aliphatic carbocycles. The van der Waals surface area contributed by atoms with Crippen molar-refractivity contribution in [2.75, 3.05) is 33.4 Å². The summed E-state index contributed by atoms with van der Waals surface area (Å²) in [5.74, 6) is 1.24. The molecule has 0 bridgehead atoms. The second kappa shape index (κ2) is 12.1. The number of hydrogen-bond donors (Lipinski definition) is 1. The fourth-order valence-electron chi connectivity index (χ4n) is 7.64. The Morgan fingerprint density at radius 3 is 2.14 bits per heavy atom. The summed E-state index contributed by atoms with van der Waals surface area (Å²) in [5, 5.41) is 10.0. The molecule has 1 aliphatic rings. The van der Waals surface area contributed by atoms with Crippen LogP contribution in [0.2, 0.25) is 0 Å². The molecule has 3 nitrogen and oxygen atoms in total. The highest BCUT2D eigenvalue weighted by atomic mass is 16.5. The van der Waals surface area contributed by atoms with Crippen molar-refractivity contribution in [1.29, 1.82) is 0 Å². The Labute approximate surface area is 183 Å². The van der Waals surface area contributed by atoms with E-state index in [-0.39, 0.29) is 17.6 Å². The highest BCUT2D eigenvalue weighted by molar-refractivity contribution is 5.17. The zero-order valence-electron chi connectivity index (χ0n) is 21.1. The first-order valence-corrected chi connectivity index (χ1v) is 12.6. The summed E-state index contributed by atoms with van der Waals surface area (Å²) >= 11 is 0. The molecule has 0 amide bonds. The maximum Gasteiger partial charge on any atom is 0.0558 e. The summed E-state index contributed by atoms with van der Waals surface area (Å²) in [4.78, 5) is 2.71. The van der Waals surface area contributed by atoms with Gasteiger partial charge in [0, 0.05) is 25.8 Å². The standard InChI is InChI=1S/C26H53NO2/c1-9-12-14-26(23(6)7)24(11-3,13-10-2)15-17-27(18-19-28)25(26,16-20-29-8)21-22(4)5/h22-23,28H,9-21H2,1-8H3. The topological polar surface area (TPSA) is 32.7 Å². The van der Waals surface area contributed by atoms with Crippen molar-refractivity contribution in [2.45, 2.75) is 112 Å². The van der Waals surface area contributed by atoms with E-state index in [9.17, 15) is 5.11 Å². The Morgan fingerprint density at radius 1 is 1.00 bits per heavy atom. The SMILES string of the molecule is CCCCC1(C(C)C)C(CC)(CCC)CCN(CCO)C1(CCOC)CC(C)C. The predicted octanol–water partition coefficient (Wildman–Crippen LogP) is 6.53. The Hall–Kier alpha value is -0.120. The van der Waals surface area contributed by atoms with Crippen molar-refractivity contribution in [3.8, 4) is 0 Å². The molecule has 0 aromatic rings. The molecule has 1 aliphatic heterocycles. The molecule has 3 heteroatoms. The van der Waals surface area contributed by atoms with Crippen LogP contribution < -0.4 is 0 Å². The van der Waals surface area contributed by atoms with E-state index in [0.717, 1.165) is 26.1 Å². The van der Waals surface area contributed by atoms with Crippen LogP contribution in [-0.2, 0) is 4.74 Å². The lowest BCUT2D eigenvalue weighted by atomic mass is 9.41. The molecular formula is C26H53NO2. The Kier molecular flexibility index (Phi) is 11.2. The number of aliphatic hydroxyl groups is 1. The van der Waals surface area contributed by atoms with Gasteiger partial charge in [-0.1, -0.05) is 67.7 Å². The molecule has 174 valence electrons. The first-order valence-electron chi connectivity index (χ1n) is 12.6. The molecule has 0 radical (unpaired) electrons. The van der Waals surface area contributed by atoms with Crippen molar-refractivity contribution in [3.05, 3.63) is 0 Å². The molecule has 1 N–H and O–H groups in total. The molecule has 1 saturated heterocycles. The van der Waals surface area contributed by atoms with Crippen LogP contribution in [0.25, 0.3) is 0 Å². The van der Waals surface area contributed by atoms with Gasteiger partial charge >= 0.3 is 0 Å². The van der Waals surface area contributed by atoms with Crippen LogP contribution in [0.5, 0.6) is 0 Å². The Balaban J connectivity index is 3.84. The fourth-order valence-corrected chi connectivity index (χ4v) is 7.64. The first kappa shape index (κ1) is 26.9. The summed E-state index contributed by atoms with van der Waals surface area (Å²) < 4.78 is 5.73. The normalized spacial score (nSPS) is 31.1. The molecular weight excluding hydrogens is 358 g/mol. The van der Waals surface area contributed by atoms with E-state index in [2.05, 4.69) is 53.4 Å². The van der Waals surface area contributed by atoms with Crippen LogP contribution in [0, 0.1) is 22.7 Å². The monoisotopic (exact) mass is 411 g/mol. The summed E-state index contributed by atoms with van der Waals surface area (Å²) in [6.07, 6.45) is 11.2. The average Bonchev–Trinajstić information content (AvgIpc) is 2.67. The van der Waals surface area contributed by atoms with E-state index in [0.29, 0.717) is 17.3 Å². The van der Waals surface area contributed by atoms with Crippen molar-refractivity contribution in [1.82, 2.24) is 4.90 Å². The number of methoxy groups -OCH3 is 1. The third kappa shape index (κ3) is 5.04. The van der Waals surface area contributed by atoms with Gasteiger partial charge in [-0.25, -0.2) is 0 Å². The second-order valence-electron chi connectivity index (χ2n) is 10.4. The summed E-state index contributed by atoms with van der Waals surface area (Å²) in [6, 6.07) is 0. The van der Waals surface area contributed by atoms with Crippen molar-refractivity contribution >= 4 is 0 Å². The number of aliphatic hydroxyl groups excluding tert-OH is 1. The van der Waals surface area contributed by atoms with E-state index in [1.54, 1.807) is 0 Å². The van der Waals surface area contributed by atoms with Gasteiger partial charge in [-0.15, -0.1) is 0 Å². The summed E-state index contributed by atoms with van der Waals surface area (Å²) in [7, 11) is 1.85. The molecule has 1 rings (SSSR count). The quantitative estimate of drug-likeness (QED) is 0.352. The minimum absolute atomic E-state index is 0.0900. The molecule has 1 fully saturated rings. The number of unbranched alkanes of at least 4 members (excludes halogenated alkanes) is 1. The zero-order chi connectivity index (χ0) is 22.1. The van der Waals surface area contributed by atoms with Crippen LogP contribution in [-0.4, -0.2) is 49.0 Å². The Morgan fingerprint density at radius 2 is 1.69 bits per heavy atom. The highest BCUT2D eigenvalue weighted by Gasteiger charge is 2.65.